The van der Waals surface area contributed by atoms with E-state index < -0.39 is 0 Å². The van der Waals surface area contributed by atoms with Crippen LogP contribution >= 0.6 is 0 Å². The number of hydrazone groups is 1. The number of benzene rings is 1. The summed E-state index contributed by atoms with van der Waals surface area (Å²) in [7, 11) is 0. The number of carbonyl (C=O) groups is 1. The van der Waals surface area contributed by atoms with Crippen LogP contribution < -0.4 is 5.43 Å². The van der Waals surface area contributed by atoms with Gasteiger partial charge in [0.25, 0.3) is 5.91 Å². The van der Waals surface area contributed by atoms with Gasteiger partial charge < -0.3 is 0 Å². The number of aromatic nitrogens is 1. The summed E-state index contributed by atoms with van der Waals surface area (Å²) in [5.41, 5.74) is 4.87. The van der Waals surface area contributed by atoms with Gasteiger partial charge in [0.05, 0.1) is 5.71 Å². The van der Waals surface area contributed by atoms with Gasteiger partial charge >= 0.3 is 0 Å². The molecule has 1 N–H and O–H groups in total. The van der Waals surface area contributed by atoms with Crippen molar-refractivity contribution in [2.75, 3.05) is 0 Å². The van der Waals surface area contributed by atoms with E-state index in [0.29, 0.717) is 11.3 Å². The molecule has 1 aromatic heterocycles. The van der Waals surface area contributed by atoms with E-state index in [1.54, 1.807) is 24.5 Å². The first-order valence-corrected chi connectivity index (χ1v) is 6.90. The Balaban J connectivity index is 1.86. The standard InChI is InChI=1S/C18H17N3O/c1-15(7-5-6-10-16-8-3-2-4-9-16)20-21-18(22)17-11-13-19-14-12-17/h2-14H,1H3,(H,21,22)/b7-5+,10-6-,20-15?. The molecule has 1 amide bonds. The summed E-state index contributed by atoms with van der Waals surface area (Å²) in [6.45, 7) is 1.82. The van der Waals surface area contributed by atoms with Gasteiger partial charge in [0, 0.05) is 18.0 Å². The number of amides is 1. The van der Waals surface area contributed by atoms with Crippen LogP contribution in [0.25, 0.3) is 6.08 Å². The molecular weight excluding hydrogens is 274 g/mol. The number of hydrogen-bond donors (Lipinski definition) is 1. The molecule has 0 bridgehead atoms. The quantitative estimate of drug-likeness (QED) is 0.521. The average molecular weight is 291 g/mol. The summed E-state index contributed by atoms with van der Waals surface area (Å²) in [6, 6.07) is 13.3. The zero-order valence-corrected chi connectivity index (χ0v) is 12.3. The molecule has 0 aliphatic heterocycles. The maximum absolute atomic E-state index is 11.8. The molecule has 1 heterocycles. The third-order valence-electron chi connectivity index (χ3n) is 2.81. The van der Waals surface area contributed by atoms with Gasteiger partial charge in [-0.05, 0) is 30.7 Å². The first-order chi connectivity index (χ1) is 10.8. The fourth-order valence-corrected chi connectivity index (χ4v) is 1.67. The van der Waals surface area contributed by atoms with Crippen molar-refractivity contribution in [3.05, 3.63) is 84.2 Å². The highest BCUT2D eigenvalue weighted by Gasteiger charge is 2.01. The van der Waals surface area contributed by atoms with Gasteiger partial charge in [-0.1, -0.05) is 48.6 Å². The minimum absolute atomic E-state index is 0.255. The van der Waals surface area contributed by atoms with Gasteiger partial charge in [-0.2, -0.15) is 5.10 Å². The maximum atomic E-state index is 11.8. The maximum Gasteiger partial charge on any atom is 0.271 e. The van der Waals surface area contributed by atoms with Gasteiger partial charge in [0.15, 0.2) is 0 Å². The molecule has 0 fully saturated rings. The Morgan fingerprint density at radius 1 is 1.09 bits per heavy atom. The molecule has 2 rings (SSSR count). The smallest absolute Gasteiger partial charge is 0.267 e. The number of nitrogens with one attached hydrogen (secondary N) is 1. The van der Waals surface area contributed by atoms with E-state index in [1.807, 2.05) is 61.6 Å². The van der Waals surface area contributed by atoms with Crippen LogP contribution in [0.2, 0.25) is 0 Å². The van der Waals surface area contributed by atoms with Gasteiger partial charge in [0.1, 0.15) is 0 Å². The zero-order chi connectivity index (χ0) is 15.6. The number of carbonyl (C=O) groups excluding carboxylic acids is 1. The minimum atomic E-state index is -0.255. The molecule has 0 spiro atoms. The van der Waals surface area contributed by atoms with E-state index in [-0.39, 0.29) is 5.91 Å². The lowest BCUT2D eigenvalue weighted by Gasteiger charge is -1.99. The highest BCUT2D eigenvalue weighted by Crippen LogP contribution is 2.01. The van der Waals surface area contributed by atoms with Crippen LogP contribution in [0.3, 0.4) is 0 Å². The SMILES string of the molecule is CC(/C=C/C=C\c1ccccc1)=NNC(=O)c1ccncc1. The Morgan fingerprint density at radius 3 is 2.55 bits per heavy atom. The Bertz CT molecular complexity index is 689. The Hall–Kier alpha value is -3.01. The summed E-state index contributed by atoms with van der Waals surface area (Å²) in [5, 5.41) is 4.02. The Morgan fingerprint density at radius 2 is 1.82 bits per heavy atom. The molecule has 0 saturated carbocycles. The van der Waals surface area contributed by atoms with Gasteiger partial charge in [-0.25, -0.2) is 5.43 Å². The molecule has 0 aliphatic rings. The molecule has 110 valence electrons. The van der Waals surface area contributed by atoms with E-state index >= 15 is 0 Å². The summed E-state index contributed by atoms with van der Waals surface area (Å²) >= 11 is 0. The Kier molecular flexibility index (Phi) is 5.81. The second kappa shape index (κ2) is 8.32. The van der Waals surface area contributed by atoms with Crippen LogP contribution in [0.5, 0.6) is 0 Å². The van der Waals surface area contributed by atoms with Crippen molar-refractivity contribution in [1.82, 2.24) is 10.4 Å². The molecule has 2 aromatic rings. The van der Waals surface area contributed by atoms with Crippen LogP contribution in [-0.4, -0.2) is 16.6 Å². The van der Waals surface area contributed by atoms with Gasteiger partial charge in [-0.15, -0.1) is 0 Å². The van der Waals surface area contributed by atoms with Gasteiger partial charge in [-0.3, -0.25) is 9.78 Å². The van der Waals surface area contributed by atoms with E-state index in [0.717, 1.165) is 5.56 Å². The molecule has 22 heavy (non-hydrogen) atoms. The number of pyridine rings is 1. The minimum Gasteiger partial charge on any atom is -0.267 e. The van der Waals surface area contributed by atoms with Crippen molar-refractivity contribution in [3.8, 4) is 0 Å². The largest absolute Gasteiger partial charge is 0.271 e. The molecule has 0 radical (unpaired) electrons. The van der Waals surface area contributed by atoms with Gasteiger partial charge in [0.2, 0.25) is 0 Å². The molecular formula is C18H17N3O. The summed E-state index contributed by atoms with van der Waals surface area (Å²) in [4.78, 5) is 15.6. The lowest BCUT2D eigenvalue weighted by Crippen LogP contribution is -2.18. The van der Waals surface area contributed by atoms with Crippen LogP contribution in [0.15, 0.2) is 78.2 Å². The first-order valence-electron chi connectivity index (χ1n) is 6.90. The first kappa shape index (κ1) is 15.4. The number of hydrogen-bond acceptors (Lipinski definition) is 3. The number of nitrogens with zero attached hydrogens (tertiary/aromatic N) is 2. The molecule has 4 heteroatoms. The van der Waals surface area contributed by atoms with E-state index in [4.69, 9.17) is 0 Å². The van der Waals surface area contributed by atoms with E-state index in [2.05, 4.69) is 15.5 Å². The van der Waals surface area contributed by atoms with Crippen molar-refractivity contribution in [3.63, 3.8) is 0 Å². The molecule has 4 nitrogen and oxygen atoms in total. The predicted molar refractivity (Wildman–Crippen MR) is 89.4 cm³/mol. The zero-order valence-electron chi connectivity index (χ0n) is 12.3. The third-order valence-corrected chi connectivity index (χ3v) is 2.81. The van der Waals surface area contributed by atoms with Crippen LogP contribution in [0, 0.1) is 0 Å². The monoisotopic (exact) mass is 291 g/mol. The van der Waals surface area contributed by atoms with E-state index in [1.165, 1.54) is 0 Å². The normalized spacial score (nSPS) is 12.0. The van der Waals surface area contributed by atoms with Crippen molar-refractivity contribution in [2.24, 2.45) is 5.10 Å². The Labute approximate surface area is 129 Å². The summed E-state index contributed by atoms with van der Waals surface area (Å²) < 4.78 is 0. The second-order valence-electron chi connectivity index (χ2n) is 4.56. The van der Waals surface area contributed by atoms with Crippen LogP contribution in [-0.2, 0) is 0 Å². The third kappa shape index (κ3) is 5.17. The number of rotatable bonds is 5. The van der Waals surface area contributed by atoms with Crippen molar-refractivity contribution in [1.29, 1.82) is 0 Å². The highest BCUT2D eigenvalue weighted by molar-refractivity contribution is 5.97. The molecule has 0 aliphatic carbocycles. The second-order valence-corrected chi connectivity index (χ2v) is 4.56. The van der Waals surface area contributed by atoms with E-state index in [9.17, 15) is 4.79 Å². The lowest BCUT2D eigenvalue weighted by atomic mass is 10.2. The van der Waals surface area contributed by atoms with Crippen molar-refractivity contribution in [2.45, 2.75) is 6.92 Å². The molecule has 1 aromatic carbocycles. The topological polar surface area (TPSA) is 54.4 Å². The summed E-state index contributed by atoms with van der Waals surface area (Å²) in [6.07, 6.45) is 10.8. The van der Waals surface area contributed by atoms with Crippen LogP contribution in [0.1, 0.15) is 22.8 Å². The predicted octanol–water partition coefficient (Wildman–Crippen LogP) is 3.46. The van der Waals surface area contributed by atoms with Crippen molar-refractivity contribution < 1.29 is 4.79 Å². The molecule has 0 saturated heterocycles. The lowest BCUT2D eigenvalue weighted by molar-refractivity contribution is 0.0954. The average Bonchev–Trinajstić information content (AvgIpc) is 2.58. The molecule has 0 unspecified atom stereocenters. The highest BCUT2D eigenvalue weighted by atomic mass is 16.2. The summed E-state index contributed by atoms with van der Waals surface area (Å²) in [5.74, 6) is -0.255. The van der Waals surface area contributed by atoms with Crippen LogP contribution in [0.4, 0.5) is 0 Å². The fourth-order valence-electron chi connectivity index (χ4n) is 1.67. The molecule has 0 atom stereocenters. The fraction of sp³-hybridized carbons (Fsp3) is 0.0556. The van der Waals surface area contributed by atoms with Crippen molar-refractivity contribution >= 4 is 17.7 Å². The number of allylic oxidation sites excluding steroid dienone is 3.